The van der Waals surface area contributed by atoms with E-state index in [9.17, 15) is 10.1 Å². The van der Waals surface area contributed by atoms with E-state index in [2.05, 4.69) is 23.8 Å². The van der Waals surface area contributed by atoms with Crippen LogP contribution in [0.15, 0.2) is 18.2 Å². The molecule has 1 aromatic rings. The molecule has 18 heavy (non-hydrogen) atoms. The summed E-state index contributed by atoms with van der Waals surface area (Å²) in [6, 6.07) is 5.41. The van der Waals surface area contributed by atoms with Crippen LogP contribution < -0.4 is 10.6 Å². The van der Waals surface area contributed by atoms with Crippen LogP contribution in [0.3, 0.4) is 0 Å². The minimum atomic E-state index is -0.453. The molecule has 2 N–H and O–H groups in total. The van der Waals surface area contributed by atoms with Crippen LogP contribution in [0.4, 0.5) is 17.1 Å². The Bertz CT molecular complexity index is 463. The first kappa shape index (κ1) is 12.6. The van der Waals surface area contributed by atoms with E-state index in [0.29, 0.717) is 6.04 Å². The van der Waals surface area contributed by atoms with Gasteiger partial charge >= 0.3 is 0 Å². The molecular formula is C12H18N4O2. The molecule has 98 valence electrons. The molecule has 6 heteroatoms. The van der Waals surface area contributed by atoms with Gasteiger partial charge in [-0.15, -0.1) is 0 Å². The van der Waals surface area contributed by atoms with Crippen LogP contribution in [0.5, 0.6) is 0 Å². The quantitative estimate of drug-likeness (QED) is 0.486. The molecule has 0 aliphatic carbocycles. The van der Waals surface area contributed by atoms with Gasteiger partial charge in [-0.05, 0) is 26.1 Å². The SMILES string of the molecule is CC1CN(c2ccc([N+](=O)[O-])c(N)c2)CCN1C. The normalized spacial score (nSPS) is 21.0. The maximum atomic E-state index is 10.7. The summed E-state index contributed by atoms with van der Waals surface area (Å²) in [6.07, 6.45) is 0. The highest BCUT2D eigenvalue weighted by Crippen LogP contribution is 2.28. The van der Waals surface area contributed by atoms with Crippen LogP contribution >= 0.6 is 0 Å². The van der Waals surface area contributed by atoms with Gasteiger partial charge in [0.05, 0.1) is 4.92 Å². The molecule has 2 rings (SSSR count). The number of likely N-dealkylation sites (N-methyl/N-ethyl adjacent to an activating group) is 1. The molecule has 0 aromatic heterocycles. The average molecular weight is 250 g/mol. The minimum Gasteiger partial charge on any atom is -0.393 e. The van der Waals surface area contributed by atoms with Crippen LogP contribution in [-0.2, 0) is 0 Å². The number of benzene rings is 1. The summed E-state index contributed by atoms with van der Waals surface area (Å²) < 4.78 is 0. The third-order valence-electron chi connectivity index (χ3n) is 3.53. The first-order chi connectivity index (χ1) is 8.49. The Morgan fingerprint density at radius 2 is 2.17 bits per heavy atom. The average Bonchev–Trinajstić information content (AvgIpc) is 2.32. The summed E-state index contributed by atoms with van der Waals surface area (Å²) in [6.45, 7) is 4.98. The smallest absolute Gasteiger partial charge is 0.292 e. The zero-order valence-corrected chi connectivity index (χ0v) is 10.7. The lowest BCUT2D eigenvalue weighted by Crippen LogP contribution is -2.50. The van der Waals surface area contributed by atoms with Crippen LogP contribution in [-0.4, -0.2) is 42.5 Å². The molecule has 1 unspecified atom stereocenters. The highest BCUT2D eigenvalue weighted by atomic mass is 16.6. The molecule has 0 saturated carbocycles. The molecule has 0 spiro atoms. The number of nitro benzene ring substituents is 1. The third kappa shape index (κ3) is 2.38. The highest BCUT2D eigenvalue weighted by molar-refractivity contribution is 5.66. The van der Waals surface area contributed by atoms with Crippen LogP contribution in [0.1, 0.15) is 6.92 Å². The number of nitrogen functional groups attached to an aromatic ring is 1. The minimum absolute atomic E-state index is 0.0269. The maximum absolute atomic E-state index is 10.7. The molecule has 0 bridgehead atoms. The van der Waals surface area contributed by atoms with Crippen molar-refractivity contribution >= 4 is 17.1 Å². The standard InChI is InChI=1S/C12H18N4O2/c1-9-8-15(6-5-14(9)2)10-3-4-12(16(17)18)11(13)7-10/h3-4,7,9H,5-6,8,13H2,1-2H3. The topological polar surface area (TPSA) is 75.6 Å². The zero-order valence-electron chi connectivity index (χ0n) is 10.7. The molecule has 1 aliphatic heterocycles. The summed E-state index contributed by atoms with van der Waals surface area (Å²) in [5.74, 6) is 0. The molecule has 0 radical (unpaired) electrons. The van der Waals surface area contributed by atoms with Crippen molar-refractivity contribution in [3.8, 4) is 0 Å². The second kappa shape index (κ2) is 4.81. The van der Waals surface area contributed by atoms with Gasteiger partial charge in [0.25, 0.3) is 5.69 Å². The van der Waals surface area contributed by atoms with Crippen molar-refractivity contribution in [3.63, 3.8) is 0 Å². The molecule has 1 saturated heterocycles. The van der Waals surface area contributed by atoms with Gasteiger partial charge < -0.3 is 15.5 Å². The van der Waals surface area contributed by atoms with Gasteiger partial charge in [0.1, 0.15) is 5.69 Å². The van der Waals surface area contributed by atoms with E-state index in [-0.39, 0.29) is 11.4 Å². The van der Waals surface area contributed by atoms with Crippen molar-refractivity contribution in [2.45, 2.75) is 13.0 Å². The van der Waals surface area contributed by atoms with E-state index in [4.69, 9.17) is 5.73 Å². The van der Waals surface area contributed by atoms with Crippen molar-refractivity contribution in [1.82, 2.24) is 4.90 Å². The fourth-order valence-electron chi connectivity index (χ4n) is 2.19. The van der Waals surface area contributed by atoms with Crippen molar-refractivity contribution < 1.29 is 4.92 Å². The Morgan fingerprint density at radius 1 is 1.44 bits per heavy atom. The Labute approximate surface area is 106 Å². The number of nitrogens with two attached hydrogens (primary N) is 1. The van der Waals surface area contributed by atoms with Gasteiger partial charge in [-0.2, -0.15) is 0 Å². The lowest BCUT2D eigenvalue weighted by atomic mass is 10.1. The highest BCUT2D eigenvalue weighted by Gasteiger charge is 2.22. The molecule has 0 amide bonds. The van der Waals surface area contributed by atoms with Gasteiger partial charge in [-0.3, -0.25) is 10.1 Å². The molecule has 6 nitrogen and oxygen atoms in total. The largest absolute Gasteiger partial charge is 0.393 e. The van der Waals surface area contributed by atoms with Crippen molar-refractivity contribution in [3.05, 3.63) is 28.3 Å². The van der Waals surface area contributed by atoms with Crippen molar-refractivity contribution in [1.29, 1.82) is 0 Å². The Hall–Kier alpha value is -1.82. The van der Waals surface area contributed by atoms with E-state index in [1.54, 1.807) is 12.1 Å². The van der Waals surface area contributed by atoms with E-state index >= 15 is 0 Å². The third-order valence-corrected chi connectivity index (χ3v) is 3.53. The fraction of sp³-hybridized carbons (Fsp3) is 0.500. The summed E-state index contributed by atoms with van der Waals surface area (Å²) in [5, 5.41) is 10.7. The number of hydrogen-bond acceptors (Lipinski definition) is 5. The van der Waals surface area contributed by atoms with Crippen LogP contribution in [0.2, 0.25) is 0 Å². The Balaban J connectivity index is 2.19. The number of piperazine rings is 1. The Morgan fingerprint density at radius 3 is 2.72 bits per heavy atom. The second-order valence-corrected chi connectivity index (χ2v) is 4.78. The molecule has 1 aromatic carbocycles. The number of rotatable bonds is 2. The maximum Gasteiger partial charge on any atom is 0.292 e. The number of nitro groups is 1. The second-order valence-electron chi connectivity index (χ2n) is 4.78. The van der Waals surface area contributed by atoms with E-state index < -0.39 is 4.92 Å². The first-order valence-electron chi connectivity index (χ1n) is 5.98. The fourth-order valence-corrected chi connectivity index (χ4v) is 2.19. The van der Waals surface area contributed by atoms with Gasteiger partial charge in [0, 0.05) is 37.4 Å². The van der Waals surface area contributed by atoms with Gasteiger partial charge in [0.15, 0.2) is 0 Å². The van der Waals surface area contributed by atoms with Crippen LogP contribution in [0.25, 0.3) is 0 Å². The van der Waals surface area contributed by atoms with Gasteiger partial charge in [-0.25, -0.2) is 0 Å². The molecule has 1 fully saturated rings. The van der Waals surface area contributed by atoms with E-state index in [1.807, 2.05) is 0 Å². The molecule has 1 aliphatic rings. The number of anilines is 2. The summed E-state index contributed by atoms with van der Waals surface area (Å²) in [4.78, 5) is 14.8. The summed E-state index contributed by atoms with van der Waals surface area (Å²) in [7, 11) is 2.10. The zero-order chi connectivity index (χ0) is 13.3. The monoisotopic (exact) mass is 250 g/mol. The first-order valence-corrected chi connectivity index (χ1v) is 5.98. The van der Waals surface area contributed by atoms with Gasteiger partial charge in [-0.1, -0.05) is 0 Å². The summed E-state index contributed by atoms with van der Waals surface area (Å²) in [5.41, 5.74) is 6.87. The predicted molar refractivity (Wildman–Crippen MR) is 71.8 cm³/mol. The van der Waals surface area contributed by atoms with E-state index in [1.165, 1.54) is 6.07 Å². The summed E-state index contributed by atoms with van der Waals surface area (Å²) >= 11 is 0. The number of hydrogen-bond donors (Lipinski definition) is 1. The predicted octanol–water partition coefficient (Wildman–Crippen LogP) is 1.32. The van der Waals surface area contributed by atoms with Crippen molar-refractivity contribution in [2.24, 2.45) is 0 Å². The molecule has 1 atom stereocenters. The lowest BCUT2D eigenvalue weighted by molar-refractivity contribution is -0.383. The van der Waals surface area contributed by atoms with Gasteiger partial charge in [0.2, 0.25) is 0 Å². The van der Waals surface area contributed by atoms with Crippen molar-refractivity contribution in [2.75, 3.05) is 37.3 Å². The number of nitrogens with zero attached hydrogens (tertiary/aromatic N) is 3. The van der Waals surface area contributed by atoms with E-state index in [0.717, 1.165) is 25.3 Å². The molecular weight excluding hydrogens is 232 g/mol. The van der Waals surface area contributed by atoms with Crippen LogP contribution in [0, 0.1) is 10.1 Å². The molecule has 1 heterocycles. The lowest BCUT2D eigenvalue weighted by Gasteiger charge is -2.39. The Kier molecular flexibility index (Phi) is 3.38.